The van der Waals surface area contributed by atoms with Crippen LogP contribution in [0.4, 0.5) is 5.13 Å². The second-order valence-corrected chi connectivity index (χ2v) is 9.97. The molecule has 0 amide bonds. The van der Waals surface area contributed by atoms with Gasteiger partial charge in [-0.05, 0) is 61.3 Å². The Bertz CT molecular complexity index is 1330. The van der Waals surface area contributed by atoms with Gasteiger partial charge in [0.1, 0.15) is 11.5 Å². The number of nitriles is 1. The minimum atomic E-state index is 0.198. The molecule has 5 nitrogen and oxygen atoms in total. The molecule has 0 fully saturated rings. The SMILES string of the molecule is [C-]#[N+]/C(C#N)=C1\C2=C(CCCC2)OC2=C1CCC/C2=C\c1sc(N(C)C)nc1-c1ccccc1. The van der Waals surface area contributed by atoms with Crippen LogP contribution in [0.5, 0.6) is 0 Å². The summed E-state index contributed by atoms with van der Waals surface area (Å²) in [5.41, 5.74) is 6.35. The molecule has 34 heavy (non-hydrogen) atoms. The van der Waals surface area contributed by atoms with E-state index in [0.29, 0.717) is 0 Å². The number of benzene rings is 1. The smallest absolute Gasteiger partial charge is 0.269 e. The summed E-state index contributed by atoms with van der Waals surface area (Å²) in [6.07, 6.45) is 8.80. The van der Waals surface area contributed by atoms with Gasteiger partial charge < -0.3 is 9.64 Å². The molecule has 0 bridgehead atoms. The van der Waals surface area contributed by atoms with E-state index in [1.165, 1.54) is 0 Å². The van der Waals surface area contributed by atoms with E-state index in [2.05, 4.69) is 29.1 Å². The molecule has 2 aromatic rings. The Kier molecular flexibility index (Phi) is 6.09. The van der Waals surface area contributed by atoms with Crippen LogP contribution in [-0.2, 0) is 4.74 Å². The zero-order valence-electron chi connectivity index (χ0n) is 19.5. The molecule has 6 heteroatoms. The van der Waals surface area contributed by atoms with Gasteiger partial charge in [0.05, 0.1) is 23.2 Å². The predicted molar refractivity (Wildman–Crippen MR) is 137 cm³/mol. The minimum Gasteiger partial charge on any atom is -0.461 e. The maximum atomic E-state index is 9.74. The van der Waals surface area contributed by atoms with Crippen molar-refractivity contribution in [1.29, 1.82) is 5.26 Å². The van der Waals surface area contributed by atoms with Crippen molar-refractivity contribution < 1.29 is 4.74 Å². The van der Waals surface area contributed by atoms with Crippen LogP contribution in [0, 0.1) is 17.9 Å². The fraction of sp³-hybridized carbons (Fsp3) is 0.321. The van der Waals surface area contributed by atoms with E-state index < -0.39 is 0 Å². The van der Waals surface area contributed by atoms with Gasteiger partial charge in [0.25, 0.3) is 5.70 Å². The fourth-order valence-electron chi connectivity index (χ4n) is 4.93. The molecule has 0 unspecified atom stereocenters. The van der Waals surface area contributed by atoms with E-state index in [-0.39, 0.29) is 5.70 Å². The number of hydrogen-bond donors (Lipinski definition) is 0. The summed E-state index contributed by atoms with van der Waals surface area (Å²) in [4.78, 5) is 11.7. The van der Waals surface area contributed by atoms with Crippen LogP contribution >= 0.6 is 11.3 Å². The highest BCUT2D eigenvalue weighted by atomic mass is 32.1. The molecule has 1 aliphatic heterocycles. The lowest BCUT2D eigenvalue weighted by Gasteiger charge is -2.34. The van der Waals surface area contributed by atoms with Gasteiger partial charge in [-0.1, -0.05) is 41.7 Å². The summed E-state index contributed by atoms with van der Waals surface area (Å²) < 4.78 is 6.57. The van der Waals surface area contributed by atoms with Crippen molar-refractivity contribution >= 4 is 22.5 Å². The molecule has 0 saturated carbocycles. The highest BCUT2D eigenvalue weighted by Gasteiger charge is 2.34. The minimum absolute atomic E-state index is 0.198. The second-order valence-electron chi connectivity index (χ2n) is 8.96. The Labute approximate surface area is 204 Å². The van der Waals surface area contributed by atoms with Crippen molar-refractivity contribution in [2.24, 2.45) is 0 Å². The molecular formula is C28H26N4OS. The number of anilines is 1. The van der Waals surface area contributed by atoms with E-state index >= 15 is 0 Å². The predicted octanol–water partition coefficient (Wildman–Crippen LogP) is 7.25. The molecule has 5 rings (SSSR count). The fourth-order valence-corrected chi connectivity index (χ4v) is 5.91. The van der Waals surface area contributed by atoms with E-state index in [1.807, 2.05) is 37.2 Å². The first-order valence-electron chi connectivity index (χ1n) is 11.7. The molecule has 0 spiro atoms. The Morgan fingerprint density at radius 2 is 1.88 bits per heavy atom. The summed E-state index contributed by atoms with van der Waals surface area (Å²) in [6, 6.07) is 12.4. The molecule has 0 atom stereocenters. The van der Waals surface area contributed by atoms with Gasteiger partial charge in [-0.2, -0.15) is 0 Å². The Balaban J connectivity index is 1.67. The van der Waals surface area contributed by atoms with E-state index in [0.717, 1.165) is 100 Å². The van der Waals surface area contributed by atoms with Gasteiger partial charge in [0.2, 0.25) is 0 Å². The first-order chi connectivity index (χ1) is 16.6. The maximum absolute atomic E-state index is 9.74. The molecule has 1 aromatic carbocycles. The quantitative estimate of drug-likeness (QED) is 0.353. The zero-order chi connectivity index (χ0) is 23.7. The van der Waals surface area contributed by atoms with E-state index in [9.17, 15) is 5.26 Å². The van der Waals surface area contributed by atoms with Gasteiger partial charge in [-0.15, -0.1) is 0 Å². The van der Waals surface area contributed by atoms with Crippen LogP contribution in [0.25, 0.3) is 22.2 Å². The number of allylic oxidation sites excluding steroid dienone is 6. The second kappa shape index (κ2) is 9.33. The maximum Gasteiger partial charge on any atom is 0.269 e. The number of hydrogen-bond acceptors (Lipinski definition) is 5. The lowest BCUT2D eigenvalue weighted by molar-refractivity contribution is 0.264. The van der Waals surface area contributed by atoms with Gasteiger partial charge in [0, 0.05) is 31.7 Å². The number of rotatable bonds is 3. The summed E-state index contributed by atoms with van der Waals surface area (Å²) in [5.74, 6) is 1.81. The first-order valence-corrected chi connectivity index (χ1v) is 12.5. The van der Waals surface area contributed by atoms with Crippen LogP contribution in [-0.4, -0.2) is 19.1 Å². The van der Waals surface area contributed by atoms with Gasteiger partial charge in [-0.25, -0.2) is 15.1 Å². The van der Waals surface area contributed by atoms with Crippen molar-refractivity contribution in [3.05, 3.63) is 86.1 Å². The van der Waals surface area contributed by atoms with Crippen LogP contribution < -0.4 is 4.90 Å². The monoisotopic (exact) mass is 466 g/mol. The van der Waals surface area contributed by atoms with Crippen molar-refractivity contribution in [3.63, 3.8) is 0 Å². The van der Waals surface area contributed by atoms with Crippen molar-refractivity contribution in [2.75, 3.05) is 19.0 Å². The Morgan fingerprint density at radius 3 is 2.62 bits per heavy atom. The van der Waals surface area contributed by atoms with Crippen LogP contribution in [0.1, 0.15) is 49.8 Å². The molecule has 0 radical (unpaired) electrons. The highest BCUT2D eigenvalue weighted by molar-refractivity contribution is 7.16. The third-order valence-electron chi connectivity index (χ3n) is 6.52. The zero-order valence-corrected chi connectivity index (χ0v) is 20.3. The summed E-state index contributed by atoms with van der Waals surface area (Å²) >= 11 is 1.67. The Hall–Kier alpha value is -3.61. The van der Waals surface area contributed by atoms with Crippen molar-refractivity contribution in [3.8, 4) is 17.3 Å². The van der Waals surface area contributed by atoms with Crippen LogP contribution in [0.15, 0.2) is 69.8 Å². The van der Waals surface area contributed by atoms with Gasteiger partial charge in [-0.3, -0.25) is 0 Å². The standard InChI is InChI=1S/C28H26N4OS/c1-30-22(17-29)25-20-13-7-8-15-23(20)33-27-19(12-9-14-21(25)27)16-24-26(18-10-5-4-6-11-18)31-28(34-24)32(2)3/h4-6,10-11,16H,7-9,12-15H2,2-3H3/b19-16+,25-22+. The number of aromatic nitrogens is 1. The highest BCUT2D eigenvalue weighted by Crippen LogP contribution is 2.48. The van der Waals surface area contributed by atoms with Crippen molar-refractivity contribution in [1.82, 2.24) is 4.98 Å². The lowest BCUT2D eigenvalue weighted by Crippen LogP contribution is -2.19. The number of ether oxygens (including phenoxy) is 1. The third-order valence-corrected chi connectivity index (χ3v) is 7.69. The average molecular weight is 467 g/mol. The lowest BCUT2D eigenvalue weighted by atomic mass is 9.79. The van der Waals surface area contributed by atoms with Crippen LogP contribution in [0.3, 0.4) is 0 Å². The molecular weight excluding hydrogens is 440 g/mol. The van der Waals surface area contributed by atoms with E-state index in [4.69, 9.17) is 16.3 Å². The first kappa shape index (κ1) is 22.2. The average Bonchev–Trinajstić information content (AvgIpc) is 3.29. The van der Waals surface area contributed by atoms with Gasteiger partial charge >= 0.3 is 0 Å². The molecule has 3 aliphatic rings. The largest absolute Gasteiger partial charge is 0.461 e. The van der Waals surface area contributed by atoms with Crippen molar-refractivity contribution in [2.45, 2.75) is 44.9 Å². The third kappa shape index (κ3) is 3.95. The number of thiazole rings is 1. The topological polar surface area (TPSA) is 53.5 Å². The summed E-state index contributed by atoms with van der Waals surface area (Å²) in [6.45, 7) is 7.64. The Morgan fingerprint density at radius 1 is 1.12 bits per heavy atom. The molecule has 2 aliphatic carbocycles. The molecule has 0 N–H and O–H groups in total. The molecule has 2 heterocycles. The van der Waals surface area contributed by atoms with E-state index in [1.54, 1.807) is 11.3 Å². The molecule has 170 valence electrons. The summed E-state index contributed by atoms with van der Waals surface area (Å²) in [5, 5.41) is 10.7. The normalized spacial score (nSPS) is 20.2. The summed E-state index contributed by atoms with van der Waals surface area (Å²) in [7, 11) is 4.02. The molecule has 0 saturated heterocycles. The molecule has 1 aromatic heterocycles. The van der Waals surface area contributed by atoms with Crippen LogP contribution in [0.2, 0.25) is 0 Å². The number of nitrogens with zero attached hydrogens (tertiary/aromatic N) is 4. The van der Waals surface area contributed by atoms with Gasteiger partial charge in [0.15, 0.2) is 5.13 Å².